The van der Waals surface area contributed by atoms with Crippen molar-refractivity contribution in [1.29, 1.82) is 0 Å². The van der Waals surface area contributed by atoms with E-state index in [-0.39, 0.29) is 9.20 Å². The van der Waals surface area contributed by atoms with E-state index >= 15 is 0 Å². The van der Waals surface area contributed by atoms with Crippen LogP contribution in [0.5, 0.6) is 0 Å². The summed E-state index contributed by atoms with van der Waals surface area (Å²) in [6, 6.07) is 3.17. The molecule has 18 heavy (non-hydrogen) atoms. The van der Waals surface area contributed by atoms with Crippen molar-refractivity contribution in [2.75, 3.05) is 18.6 Å². The lowest BCUT2D eigenvalue weighted by molar-refractivity contribution is 0.580. The minimum atomic E-state index is -3.41. The van der Waals surface area contributed by atoms with Gasteiger partial charge in [-0.05, 0) is 37.0 Å². The molecule has 0 bridgehead atoms. The second kappa shape index (κ2) is 7.44. The first-order chi connectivity index (χ1) is 8.47. The first-order valence-corrected chi connectivity index (χ1v) is 9.46. The van der Waals surface area contributed by atoms with Gasteiger partial charge in [0, 0.05) is 6.54 Å². The molecule has 0 aliphatic heterocycles. The summed E-state index contributed by atoms with van der Waals surface area (Å²) in [6.07, 6.45) is 3.88. The largest absolute Gasteiger partial charge is 0.389 e. The Morgan fingerprint density at radius 3 is 2.78 bits per heavy atom. The second-order valence-corrected chi connectivity index (χ2v) is 8.08. The molecule has 3 N–H and O–H groups in total. The molecule has 1 aromatic rings. The van der Waals surface area contributed by atoms with Crippen LogP contribution in [0.2, 0.25) is 0 Å². The normalized spacial score (nSPS) is 11.6. The van der Waals surface area contributed by atoms with E-state index in [4.69, 9.17) is 18.0 Å². The summed E-state index contributed by atoms with van der Waals surface area (Å²) in [7, 11) is -3.41. The predicted molar refractivity (Wildman–Crippen MR) is 83.0 cm³/mol. The Balaban J connectivity index is 2.54. The second-order valence-electron chi connectivity index (χ2n) is 3.58. The van der Waals surface area contributed by atoms with E-state index in [1.807, 2.05) is 6.26 Å². The number of sulfonamides is 1. The molecule has 1 rings (SSSR count). The third kappa shape index (κ3) is 4.85. The van der Waals surface area contributed by atoms with E-state index in [0.29, 0.717) is 11.4 Å². The van der Waals surface area contributed by atoms with E-state index in [9.17, 15) is 8.42 Å². The van der Waals surface area contributed by atoms with Crippen LogP contribution in [0.4, 0.5) is 0 Å². The zero-order chi connectivity index (χ0) is 13.6. The Bertz CT molecular complexity index is 496. The number of thiophene rings is 1. The van der Waals surface area contributed by atoms with E-state index < -0.39 is 10.0 Å². The van der Waals surface area contributed by atoms with Gasteiger partial charge in [-0.1, -0.05) is 12.2 Å². The fourth-order valence-electron chi connectivity index (χ4n) is 1.25. The summed E-state index contributed by atoms with van der Waals surface area (Å²) in [4.78, 5) is 0.842. The molecule has 0 aliphatic rings. The van der Waals surface area contributed by atoms with Crippen LogP contribution in [0.3, 0.4) is 0 Å². The highest BCUT2D eigenvalue weighted by molar-refractivity contribution is 7.98. The van der Waals surface area contributed by atoms with E-state index in [1.165, 1.54) is 6.07 Å². The third-order valence-electron chi connectivity index (χ3n) is 2.16. The van der Waals surface area contributed by atoms with Gasteiger partial charge in [-0.25, -0.2) is 13.1 Å². The van der Waals surface area contributed by atoms with Crippen LogP contribution < -0.4 is 10.5 Å². The van der Waals surface area contributed by atoms with E-state index in [1.54, 1.807) is 17.8 Å². The zero-order valence-corrected chi connectivity index (χ0v) is 13.3. The number of rotatable bonds is 8. The number of hydrogen-bond donors (Lipinski definition) is 2. The minimum Gasteiger partial charge on any atom is -0.389 e. The smallest absolute Gasteiger partial charge is 0.250 e. The fourth-order valence-corrected chi connectivity index (χ4v) is 4.21. The SMILES string of the molecule is CSCCCCNS(=O)(=O)c1ccc(C(N)=S)s1. The number of nitrogens with one attached hydrogen (secondary N) is 1. The van der Waals surface area contributed by atoms with Crippen molar-refractivity contribution in [3.8, 4) is 0 Å². The van der Waals surface area contributed by atoms with Crippen LogP contribution >= 0.6 is 35.3 Å². The van der Waals surface area contributed by atoms with E-state index in [0.717, 1.165) is 29.9 Å². The molecule has 4 nitrogen and oxygen atoms in total. The first kappa shape index (κ1) is 15.9. The highest BCUT2D eigenvalue weighted by atomic mass is 32.2. The predicted octanol–water partition coefficient (Wildman–Crippen LogP) is 1.80. The molecule has 0 radical (unpaired) electrons. The van der Waals surface area contributed by atoms with Crippen LogP contribution in [0, 0.1) is 0 Å². The van der Waals surface area contributed by atoms with Crippen molar-refractivity contribution in [3.63, 3.8) is 0 Å². The topological polar surface area (TPSA) is 72.2 Å². The summed E-state index contributed by atoms with van der Waals surface area (Å²) >= 11 is 7.66. The molecule has 0 saturated heterocycles. The highest BCUT2D eigenvalue weighted by Crippen LogP contribution is 2.21. The lowest BCUT2D eigenvalue weighted by Crippen LogP contribution is -2.24. The van der Waals surface area contributed by atoms with Gasteiger partial charge in [0.05, 0.1) is 4.88 Å². The summed E-state index contributed by atoms with van der Waals surface area (Å²) < 4.78 is 26.7. The first-order valence-electron chi connectivity index (χ1n) is 5.35. The fraction of sp³-hybridized carbons (Fsp3) is 0.500. The third-order valence-corrected chi connectivity index (χ3v) is 6.27. The molecule has 0 saturated carbocycles. The maximum atomic E-state index is 11.9. The average Bonchev–Trinajstić information content (AvgIpc) is 2.78. The van der Waals surface area contributed by atoms with Gasteiger partial charge >= 0.3 is 0 Å². The maximum absolute atomic E-state index is 11.9. The molecule has 0 aromatic carbocycles. The number of hydrogen-bond acceptors (Lipinski definition) is 5. The van der Waals surface area contributed by atoms with Crippen LogP contribution in [0.25, 0.3) is 0 Å². The molecule has 0 fully saturated rings. The molecule has 102 valence electrons. The Morgan fingerprint density at radius 1 is 1.50 bits per heavy atom. The minimum absolute atomic E-state index is 0.224. The van der Waals surface area contributed by atoms with Crippen molar-refractivity contribution in [1.82, 2.24) is 4.72 Å². The van der Waals surface area contributed by atoms with Gasteiger partial charge in [0.1, 0.15) is 9.20 Å². The molecule has 0 unspecified atom stereocenters. The monoisotopic (exact) mass is 324 g/mol. The summed E-state index contributed by atoms with van der Waals surface area (Å²) in [5, 5.41) is 0. The van der Waals surface area contributed by atoms with Gasteiger partial charge in [0.15, 0.2) is 0 Å². The molecule has 1 aromatic heterocycles. The van der Waals surface area contributed by atoms with Crippen LogP contribution in [0.15, 0.2) is 16.3 Å². The Hall–Kier alpha value is -0.150. The van der Waals surface area contributed by atoms with Gasteiger partial charge in [0.2, 0.25) is 10.0 Å². The Morgan fingerprint density at radius 2 is 2.22 bits per heavy atom. The van der Waals surface area contributed by atoms with E-state index in [2.05, 4.69) is 4.72 Å². The van der Waals surface area contributed by atoms with Crippen LogP contribution in [-0.2, 0) is 10.0 Å². The lowest BCUT2D eigenvalue weighted by atomic mass is 10.3. The molecule has 0 aliphatic carbocycles. The van der Waals surface area contributed by atoms with Crippen LogP contribution in [-0.4, -0.2) is 32.0 Å². The van der Waals surface area contributed by atoms with Crippen molar-refractivity contribution < 1.29 is 8.42 Å². The van der Waals surface area contributed by atoms with Crippen LogP contribution in [0.1, 0.15) is 17.7 Å². The molecular formula is C10H16N2O2S4. The molecule has 1 heterocycles. The van der Waals surface area contributed by atoms with Gasteiger partial charge in [-0.3, -0.25) is 0 Å². The molecular weight excluding hydrogens is 308 g/mol. The number of thiocarbonyl (C=S) groups is 1. The molecule has 8 heteroatoms. The average molecular weight is 325 g/mol. The van der Waals surface area contributed by atoms with Crippen molar-refractivity contribution in [2.45, 2.75) is 17.1 Å². The standard InChI is InChI=1S/C10H16N2O2S4/c1-16-7-3-2-6-12-18(13,14)9-5-4-8(17-9)10(11)15/h4-5,12H,2-3,6-7H2,1H3,(H2,11,15). The number of unbranched alkanes of at least 4 members (excludes halogenated alkanes) is 1. The number of nitrogens with two attached hydrogens (primary N) is 1. The van der Waals surface area contributed by atoms with Gasteiger partial charge in [-0.2, -0.15) is 11.8 Å². The van der Waals surface area contributed by atoms with Gasteiger partial charge in [-0.15, -0.1) is 11.3 Å². The van der Waals surface area contributed by atoms with Crippen molar-refractivity contribution >= 4 is 50.3 Å². The molecule has 0 spiro atoms. The van der Waals surface area contributed by atoms with Crippen molar-refractivity contribution in [2.24, 2.45) is 5.73 Å². The Labute approximate surface area is 121 Å². The number of thioether (sulfide) groups is 1. The summed E-state index contributed by atoms with van der Waals surface area (Å²) in [5.74, 6) is 1.05. The summed E-state index contributed by atoms with van der Waals surface area (Å²) in [6.45, 7) is 0.462. The van der Waals surface area contributed by atoms with Gasteiger partial charge < -0.3 is 5.73 Å². The zero-order valence-electron chi connectivity index (χ0n) is 10.0. The highest BCUT2D eigenvalue weighted by Gasteiger charge is 2.16. The maximum Gasteiger partial charge on any atom is 0.250 e. The molecule has 0 atom stereocenters. The lowest BCUT2D eigenvalue weighted by Gasteiger charge is -2.04. The quantitative estimate of drug-likeness (QED) is 0.563. The van der Waals surface area contributed by atoms with Gasteiger partial charge in [0.25, 0.3) is 0 Å². The van der Waals surface area contributed by atoms with Crippen molar-refractivity contribution in [3.05, 3.63) is 17.0 Å². The molecule has 0 amide bonds. The Kier molecular flexibility index (Phi) is 6.58. The summed E-state index contributed by atoms with van der Waals surface area (Å²) in [5.41, 5.74) is 5.45.